The molecule has 1 aromatic rings. The van der Waals surface area contributed by atoms with Gasteiger partial charge in [-0.05, 0) is 19.8 Å². The fourth-order valence-electron chi connectivity index (χ4n) is 2.17. The third-order valence-corrected chi connectivity index (χ3v) is 3.13. The highest BCUT2D eigenvalue weighted by Gasteiger charge is 2.34. The van der Waals surface area contributed by atoms with Crippen molar-refractivity contribution < 1.29 is 9.32 Å². The van der Waals surface area contributed by atoms with Crippen LogP contribution in [0.5, 0.6) is 0 Å². The topological polar surface area (TPSA) is 78.9 Å². The van der Waals surface area contributed by atoms with E-state index in [1.165, 1.54) is 0 Å². The number of carbonyl (C=O) groups excluding carboxylic acids is 1. The number of hydrogen-bond acceptors (Lipinski definition) is 4. The fraction of sp³-hybridized carbons (Fsp3) is 0.583. The Hall–Kier alpha value is -1.83. The van der Waals surface area contributed by atoms with Crippen molar-refractivity contribution in [3.05, 3.63) is 17.5 Å². The largest absolute Gasteiger partial charge is 0.351 e. The van der Waals surface area contributed by atoms with Crippen LogP contribution < -0.4 is 5.32 Å². The molecule has 0 spiro atoms. The highest BCUT2D eigenvalue weighted by molar-refractivity contribution is 5.92. The maximum absolute atomic E-state index is 11.9. The third-order valence-electron chi connectivity index (χ3n) is 3.13. The Labute approximate surface area is 99.8 Å². The Morgan fingerprint density at radius 1 is 1.53 bits per heavy atom. The molecule has 17 heavy (non-hydrogen) atoms. The number of amides is 1. The van der Waals surface area contributed by atoms with Crippen LogP contribution in [0.4, 0.5) is 0 Å². The van der Waals surface area contributed by atoms with Gasteiger partial charge in [-0.2, -0.15) is 5.26 Å². The molecule has 0 aliphatic heterocycles. The summed E-state index contributed by atoms with van der Waals surface area (Å²) in [4.78, 5) is 11.9. The molecule has 2 rings (SSSR count). The van der Waals surface area contributed by atoms with E-state index >= 15 is 0 Å². The summed E-state index contributed by atoms with van der Waals surface area (Å²) in [6, 6.07) is 3.80. The lowest BCUT2D eigenvalue weighted by Gasteiger charge is -2.30. The van der Waals surface area contributed by atoms with Gasteiger partial charge in [0.05, 0.1) is 11.8 Å². The van der Waals surface area contributed by atoms with Crippen LogP contribution in [0.3, 0.4) is 0 Å². The van der Waals surface area contributed by atoms with Gasteiger partial charge in [0.15, 0.2) is 0 Å². The van der Waals surface area contributed by atoms with Gasteiger partial charge in [-0.15, -0.1) is 0 Å². The lowest BCUT2D eigenvalue weighted by Crippen LogP contribution is -2.48. The fourth-order valence-corrected chi connectivity index (χ4v) is 2.17. The van der Waals surface area contributed by atoms with Gasteiger partial charge in [-0.3, -0.25) is 4.79 Å². The van der Waals surface area contributed by atoms with Crippen LogP contribution in [0.1, 0.15) is 48.4 Å². The van der Waals surface area contributed by atoms with Crippen LogP contribution >= 0.6 is 0 Å². The average Bonchev–Trinajstić information content (AvgIpc) is 2.77. The first kappa shape index (κ1) is 11.6. The Morgan fingerprint density at radius 3 is 2.76 bits per heavy atom. The predicted molar refractivity (Wildman–Crippen MR) is 60.1 cm³/mol. The van der Waals surface area contributed by atoms with E-state index in [4.69, 9.17) is 4.52 Å². The molecule has 1 aliphatic carbocycles. The molecule has 1 saturated carbocycles. The first-order chi connectivity index (χ1) is 8.15. The van der Waals surface area contributed by atoms with E-state index in [0.29, 0.717) is 18.5 Å². The Kier molecular flexibility index (Phi) is 3.14. The SMILES string of the molecule is Cc1cc(C(=O)NC2(C#N)CCCCC2)on1. The molecule has 5 heteroatoms. The summed E-state index contributed by atoms with van der Waals surface area (Å²) in [6.45, 7) is 1.75. The molecule has 0 atom stereocenters. The molecule has 0 unspecified atom stereocenters. The van der Waals surface area contributed by atoms with Crippen molar-refractivity contribution in [2.45, 2.75) is 44.6 Å². The molecule has 1 aromatic heterocycles. The van der Waals surface area contributed by atoms with Gasteiger partial charge in [0.25, 0.3) is 5.91 Å². The van der Waals surface area contributed by atoms with E-state index in [9.17, 15) is 10.1 Å². The minimum atomic E-state index is -0.726. The van der Waals surface area contributed by atoms with Crippen molar-refractivity contribution in [3.8, 4) is 6.07 Å². The van der Waals surface area contributed by atoms with Crippen LogP contribution in [-0.4, -0.2) is 16.6 Å². The minimum absolute atomic E-state index is 0.169. The highest BCUT2D eigenvalue weighted by atomic mass is 16.5. The van der Waals surface area contributed by atoms with E-state index < -0.39 is 5.54 Å². The first-order valence-electron chi connectivity index (χ1n) is 5.82. The van der Waals surface area contributed by atoms with Crippen molar-refractivity contribution in [3.63, 3.8) is 0 Å². The van der Waals surface area contributed by atoms with Crippen molar-refractivity contribution in [2.24, 2.45) is 0 Å². The normalized spacial score (nSPS) is 18.4. The molecular weight excluding hydrogens is 218 g/mol. The smallest absolute Gasteiger partial charge is 0.291 e. The summed E-state index contributed by atoms with van der Waals surface area (Å²) in [7, 11) is 0. The number of nitrogens with zero attached hydrogens (tertiary/aromatic N) is 2. The van der Waals surface area contributed by atoms with Crippen LogP contribution in [0.25, 0.3) is 0 Å². The zero-order chi connectivity index (χ0) is 12.3. The quantitative estimate of drug-likeness (QED) is 0.846. The maximum atomic E-state index is 11.9. The van der Waals surface area contributed by atoms with Crippen LogP contribution in [0.15, 0.2) is 10.6 Å². The summed E-state index contributed by atoms with van der Waals surface area (Å²) in [5, 5.41) is 15.7. The number of rotatable bonds is 2. The molecule has 1 fully saturated rings. The highest BCUT2D eigenvalue weighted by Crippen LogP contribution is 2.27. The second kappa shape index (κ2) is 4.58. The Balaban J connectivity index is 2.09. The van der Waals surface area contributed by atoms with E-state index in [0.717, 1.165) is 19.3 Å². The second-order valence-corrected chi connectivity index (χ2v) is 4.54. The van der Waals surface area contributed by atoms with Gasteiger partial charge in [0, 0.05) is 6.07 Å². The first-order valence-corrected chi connectivity index (χ1v) is 5.82. The van der Waals surface area contributed by atoms with Crippen LogP contribution in [0, 0.1) is 18.3 Å². The lowest BCUT2D eigenvalue weighted by atomic mass is 9.83. The van der Waals surface area contributed by atoms with Crippen LogP contribution in [0.2, 0.25) is 0 Å². The summed E-state index contributed by atoms with van der Waals surface area (Å²) >= 11 is 0. The standard InChI is InChI=1S/C12H15N3O2/c1-9-7-10(17-15-9)11(16)14-12(8-13)5-3-2-4-6-12/h7H,2-6H2,1H3,(H,14,16). The molecular formula is C12H15N3O2. The Bertz CT molecular complexity index is 453. The zero-order valence-electron chi connectivity index (χ0n) is 9.82. The van der Waals surface area contributed by atoms with Crippen molar-refractivity contribution >= 4 is 5.91 Å². The molecule has 0 radical (unpaired) electrons. The van der Waals surface area contributed by atoms with Gasteiger partial charge in [0.2, 0.25) is 5.76 Å². The van der Waals surface area contributed by atoms with Gasteiger partial charge < -0.3 is 9.84 Å². The molecule has 0 aromatic carbocycles. The molecule has 90 valence electrons. The molecule has 0 saturated heterocycles. The van der Waals surface area contributed by atoms with Crippen molar-refractivity contribution in [1.82, 2.24) is 10.5 Å². The Morgan fingerprint density at radius 2 is 2.24 bits per heavy atom. The lowest BCUT2D eigenvalue weighted by molar-refractivity contribution is 0.0865. The van der Waals surface area contributed by atoms with Gasteiger partial charge in [-0.25, -0.2) is 0 Å². The van der Waals surface area contributed by atoms with Crippen molar-refractivity contribution in [1.29, 1.82) is 5.26 Å². The summed E-state index contributed by atoms with van der Waals surface area (Å²) < 4.78 is 4.89. The molecule has 1 N–H and O–H groups in total. The zero-order valence-corrected chi connectivity index (χ0v) is 9.82. The monoisotopic (exact) mass is 233 g/mol. The number of aryl methyl sites for hydroxylation is 1. The third kappa shape index (κ3) is 2.47. The number of nitrogens with one attached hydrogen (secondary N) is 1. The van der Waals surface area contributed by atoms with E-state index in [1.54, 1.807) is 13.0 Å². The predicted octanol–water partition coefficient (Wildman–Crippen LogP) is 1.94. The van der Waals surface area contributed by atoms with E-state index in [2.05, 4.69) is 16.5 Å². The van der Waals surface area contributed by atoms with Gasteiger partial charge in [-0.1, -0.05) is 24.4 Å². The number of hydrogen-bond donors (Lipinski definition) is 1. The van der Waals surface area contributed by atoms with Gasteiger partial charge >= 0.3 is 0 Å². The minimum Gasteiger partial charge on any atom is -0.351 e. The van der Waals surface area contributed by atoms with Crippen LogP contribution in [-0.2, 0) is 0 Å². The number of nitriles is 1. The summed E-state index contributed by atoms with van der Waals surface area (Å²) in [5.41, 5.74) is -0.0689. The summed E-state index contributed by atoms with van der Waals surface area (Å²) in [5.74, 6) is -0.184. The molecule has 1 aliphatic rings. The van der Waals surface area contributed by atoms with E-state index in [1.807, 2.05) is 0 Å². The molecule has 5 nitrogen and oxygen atoms in total. The van der Waals surface area contributed by atoms with E-state index in [-0.39, 0.29) is 11.7 Å². The summed E-state index contributed by atoms with van der Waals surface area (Å²) in [6.07, 6.45) is 4.50. The maximum Gasteiger partial charge on any atom is 0.291 e. The van der Waals surface area contributed by atoms with Gasteiger partial charge in [0.1, 0.15) is 5.54 Å². The molecule has 1 amide bonds. The molecule has 1 heterocycles. The average molecular weight is 233 g/mol. The number of aromatic nitrogens is 1. The van der Waals surface area contributed by atoms with Crippen molar-refractivity contribution in [2.75, 3.05) is 0 Å². The molecule has 0 bridgehead atoms. The second-order valence-electron chi connectivity index (χ2n) is 4.54. The number of carbonyl (C=O) groups is 1.